The Balaban J connectivity index is 1.62. The smallest absolute Gasteiger partial charge is 0.261 e. The van der Waals surface area contributed by atoms with Crippen LogP contribution in [0.25, 0.3) is 0 Å². The van der Waals surface area contributed by atoms with E-state index in [4.69, 9.17) is 20.8 Å². The fourth-order valence-electron chi connectivity index (χ4n) is 2.31. The van der Waals surface area contributed by atoms with Crippen molar-refractivity contribution >= 4 is 29.3 Å². The Kier molecular flexibility index (Phi) is 4.64. The summed E-state index contributed by atoms with van der Waals surface area (Å²) in [4.78, 5) is 14.2. The zero-order valence-electron chi connectivity index (χ0n) is 12.1. The van der Waals surface area contributed by atoms with E-state index in [1.54, 1.807) is 40.9 Å². The van der Waals surface area contributed by atoms with Gasteiger partial charge in [0.2, 0.25) is 0 Å². The monoisotopic (exact) mass is 337 g/mol. The number of benzene rings is 1. The van der Waals surface area contributed by atoms with E-state index >= 15 is 0 Å². The number of hydrogen-bond donors (Lipinski definition) is 0. The summed E-state index contributed by atoms with van der Waals surface area (Å²) in [6.07, 6.45) is 0. The van der Waals surface area contributed by atoms with Crippen molar-refractivity contribution in [3.05, 3.63) is 52.9 Å². The Hall–Kier alpha value is -1.59. The number of rotatable bonds is 4. The van der Waals surface area contributed by atoms with Crippen LogP contribution in [0.5, 0.6) is 5.75 Å². The van der Waals surface area contributed by atoms with Gasteiger partial charge in [-0.05, 0) is 43.3 Å². The number of ether oxygens (including phenoxy) is 1. The third-order valence-electron chi connectivity index (χ3n) is 3.39. The number of halogens is 1. The van der Waals surface area contributed by atoms with Gasteiger partial charge in [-0.1, -0.05) is 11.6 Å². The fourth-order valence-corrected chi connectivity index (χ4v) is 3.65. The van der Waals surface area contributed by atoms with Gasteiger partial charge < -0.3 is 14.1 Å². The van der Waals surface area contributed by atoms with Crippen molar-refractivity contribution in [1.29, 1.82) is 0 Å². The number of amides is 1. The summed E-state index contributed by atoms with van der Waals surface area (Å²) >= 11 is 7.53. The Labute approximate surface area is 138 Å². The van der Waals surface area contributed by atoms with E-state index in [1.807, 2.05) is 19.1 Å². The van der Waals surface area contributed by atoms with Crippen molar-refractivity contribution in [2.45, 2.75) is 12.3 Å². The highest BCUT2D eigenvalue weighted by Gasteiger charge is 2.32. The minimum absolute atomic E-state index is 0.0123. The average molecular weight is 338 g/mol. The van der Waals surface area contributed by atoms with E-state index in [0.29, 0.717) is 17.3 Å². The number of carbonyl (C=O) groups excluding carboxylic acids is 1. The fraction of sp³-hybridized carbons (Fsp3) is 0.312. The van der Waals surface area contributed by atoms with Gasteiger partial charge in [0.1, 0.15) is 22.6 Å². The van der Waals surface area contributed by atoms with Crippen LogP contribution in [0.3, 0.4) is 0 Å². The molecule has 3 rings (SSSR count). The number of furan rings is 1. The van der Waals surface area contributed by atoms with Crippen LogP contribution in [-0.4, -0.2) is 29.7 Å². The first-order valence-electron chi connectivity index (χ1n) is 6.99. The predicted octanol–water partition coefficient (Wildman–Crippen LogP) is 3.89. The zero-order valence-corrected chi connectivity index (χ0v) is 13.7. The molecule has 1 aromatic heterocycles. The quantitative estimate of drug-likeness (QED) is 0.848. The molecule has 0 bridgehead atoms. The van der Waals surface area contributed by atoms with Crippen molar-refractivity contribution in [3.8, 4) is 5.75 Å². The second-order valence-corrected chi connectivity index (χ2v) is 6.63. The average Bonchev–Trinajstić information content (AvgIpc) is 3.14. The molecule has 6 heteroatoms. The zero-order chi connectivity index (χ0) is 15.5. The van der Waals surface area contributed by atoms with Gasteiger partial charge in [0.05, 0.1) is 0 Å². The third-order valence-corrected chi connectivity index (χ3v) is 4.86. The number of aryl methyl sites for hydroxylation is 1. The summed E-state index contributed by atoms with van der Waals surface area (Å²) in [5.74, 6) is 3.16. The van der Waals surface area contributed by atoms with Crippen molar-refractivity contribution in [2.75, 3.05) is 18.9 Å². The lowest BCUT2D eigenvalue weighted by atomic mass is 10.3. The molecule has 1 aromatic carbocycles. The van der Waals surface area contributed by atoms with Gasteiger partial charge in [-0.25, -0.2) is 0 Å². The van der Waals surface area contributed by atoms with Crippen LogP contribution >= 0.6 is 23.4 Å². The Morgan fingerprint density at radius 2 is 2.14 bits per heavy atom. The van der Waals surface area contributed by atoms with Gasteiger partial charge in [0.25, 0.3) is 5.91 Å². The topological polar surface area (TPSA) is 42.7 Å². The van der Waals surface area contributed by atoms with Crippen LogP contribution in [0.1, 0.15) is 16.9 Å². The molecule has 0 N–H and O–H groups in total. The minimum Gasteiger partial charge on any atom is -0.484 e. The molecule has 1 aliphatic rings. The Morgan fingerprint density at radius 1 is 1.36 bits per heavy atom. The normalized spacial score (nSPS) is 17.7. The second kappa shape index (κ2) is 6.67. The molecule has 1 fully saturated rings. The van der Waals surface area contributed by atoms with Crippen LogP contribution < -0.4 is 4.74 Å². The van der Waals surface area contributed by atoms with Crippen LogP contribution in [0.4, 0.5) is 0 Å². The van der Waals surface area contributed by atoms with E-state index in [9.17, 15) is 4.79 Å². The van der Waals surface area contributed by atoms with Crippen molar-refractivity contribution < 1.29 is 13.9 Å². The summed E-state index contributed by atoms with van der Waals surface area (Å²) < 4.78 is 11.2. The lowest BCUT2D eigenvalue weighted by Crippen LogP contribution is -2.34. The Morgan fingerprint density at radius 3 is 2.82 bits per heavy atom. The first-order valence-corrected chi connectivity index (χ1v) is 8.42. The van der Waals surface area contributed by atoms with Gasteiger partial charge in [-0.2, -0.15) is 0 Å². The lowest BCUT2D eigenvalue weighted by molar-refractivity contribution is -0.133. The van der Waals surface area contributed by atoms with E-state index in [0.717, 1.165) is 17.3 Å². The first kappa shape index (κ1) is 15.3. The van der Waals surface area contributed by atoms with Gasteiger partial charge in [0.15, 0.2) is 6.61 Å². The highest BCUT2D eigenvalue weighted by molar-refractivity contribution is 7.99. The number of hydrogen-bond acceptors (Lipinski definition) is 4. The molecule has 0 aliphatic carbocycles. The van der Waals surface area contributed by atoms with E-state index < -0.39 is 0 Å². The molecule has 4 nitrogen and oxygen atoms in total. The summed E-state index contributed by atoms with van der Waals surface area (Å²) in [5, 5.41) is 0.581. The van der Waals surface area contributed by atoms with E-state index in [-0.39, 0.29) is 17.9 Å². The highest BCUT2D eigenvalue weighted by atomic mass is 35.5. The number of nitrogens with zero attached hydrogens (tertiary/aromatic N) is 1. The van der Waals surface area contributed by atoms with Gasteiger partial charge >= 0.3 is 0 Å². The van der Waals surface area contributed by atoms with Gasteiger partial charge in [-0.15, -0.1) is 11.8 Å². The van der Waals surface area contributed by atoms with Crippen molar-refractivity contribution in [3.63, 3.8) is 0 Å². The third kappa shape index (κ3) is 3.42. The van der Waals surface area contributed by atoms with E-state index in [1.165, 1.54) is 0 Å². The molecule has 1 atom stereocenters. The predicted molar refractivity (Wildman–Crippen MR) is 87.3 cm³/mol. The summed E-state index contributed by atoms with van der Waals surface area (Å²) in [6, 6.07) is 10.8. The molecule has 1 aliphatic heterocycles. The molecule has 0 saturated carbocycles. The molecule has 0 spiro atoms. The maximum atomic E-state index is 12.4. The summed E-state index contributed by atoms with van der Waals surface area (Å²) in [5.41, 5.74) is 0. The molecule has 1 unspecified atom stereocenters. The molecule has 116 valence electrons. The van der Waals surface area contributed by atoms with Crippen LogP contribution in [-0.2, 0) is 4.79 Å². The standard InChI is InChI=1S/C16H16ClNO3S/c1-11-2-7-14(21-11)16-18(8-9-22-16)15(19)10-20-13-5-3-12(17)4-6-13/h2-7,16H,8-10H2,1H3. The summed E-state index contributed by atoms with van der Waals surface area (Å²) in [7, 11) is 0. The maximum absolute atomic E-state index is 12.4. The van der Waals surface area contributed by atoms with Crippen molar-refractivity contribution in [2.24, 2.45) is 0 Å². The molecule has 1 amide bonds. The number of carbonyl (C=O) groups is 1. The maximum Gasteiger partial charge on any atom is 0.261 e. The van der Waals surface area contributed by atoms with Crippen LogP contribution in [0, 0.1) is 6.92 Å². The van der Waals surface area contributed by atoms with Crippen molar-refractivity contribution in [1.82, 2.24) is 4.90 Å². The molecular formula is C16H16ClNO3S. The molecule has 22 heavy (non-hydrogen) atoms. The van der Waals surface area contributed by atoms with Crippen LogP contribution in [0.15, 0.2) is 40.8 Å². The van der Waals surface area contributed by atoms with E-state index in [2.05, 4.69) is 0 Å². The SMILES string of the molecule is Cc1ccc(C2SCCN2C(=O)COc2ccc(Cl)cc2)o1. The highest BCUT2D eigenvalue weighted by Crippen LogP contribution is 2.38. The van der Waals surface area contributed by atoms with Crippen LogP contribution in [0.2, 0.25) is 5.02 Å². The number of thioether (sulfide) groups is 1. The van der Waals surface area contributed by atoms with Gasteiger partial charge in [-0.3, -0.25) is 4.79 Å². The minimum atomic E-state index is -0.0602. The summed E-state index contributed by atoms with van der Waals surface area (Å²) in [6.45, 7) is 2.62. The molecular weight excluding hydrogens is 322 g/mol. The largest absolute Gasteiger partial charge is 0.484 e. The Bertz CT molecular complexity index is 656. The lowest BCUT2D eigenvalue weighted by Gasteiger charge is -2.22. The first-order chi connectivity index (χ1) is 10.6. The second-order valence-electron chi connectivity index (χ2n) is 5.00. The molecule has 2 aromatic rings. The molecule has 1 saturated heterocycles. The molecule has 2 heterocycles. The van der Waals surface area contributed by atoms with Gasteiger partial charge in [0, 0.05) is 17.3 Å². The molecule has 0 radical (unpaired) electrons.